The molecule has 0 amide bonds. The van der Waals surface area contributed by atoms with Gasteiger partial charge in [0.05, 0.1) is 12.8 Å². The van der Waals surface area contributed by atoms with Gasteiger partial charge in [-0.3, -0.25) is 0 Å². The first-order valence-corrected chi connectivity index (χ1v) is 6.69. The van der Waals surface area contributed by atoms with E-state index in [1.807, 2.05) is 13.8 Å². The summed E-state index contributed by atoms with van der Waals surface area (Å²) in [5.74, 6) is 0.249. The first-order chi connectivity index (χ1) is 10.1. The highest BCUT2D eigenvalue weighted by atomic mass is 19.1. The number of ether oxygens (including phenoxy) is 1. The third-order valence-corrected chi connectivity index (χ3v) is 2.70. The number of benzene rings is 1. The van der Waals surface area contributed by atoms with E-state index in [9.17, 15) is 4.39 Å². The smallest absolute Gasteiger partial charge is 0.322 e. The number of hydrogen-bond acceptors (Lipinski definition) is 6. The van der Waals surface area contributed by atoms with Crippen molar-refractivity contribution >= 4 is 17.6 Å². The van der Waals surface area contributed by atoms with E-state index in [2.05, 4.69) is 25.6 Å². The van der Waals surface area contributed by atoms with Crippen LogP contribution in [0.2, 0.25) is 0 Å². The third-order valence-electron chi connectivity index (χ3n) is 2.70. The molecule has 0 unspecified atom stereocenters. The molecule has 1 aromatic heterocycles. The highest BCUT2D eigenvalue weighted by Gasteiger charge is 2.09. The van der Waals surface area contributed by atoms with E-state index in [1.54, 1.807) is 12.1 Å². The summed E-state index contributed by atoms with van der Waals surface area (Å²) in [5.41, 5.74) is 1.15. The molecule has 2 aromatic rings. The van der Waals surface area contributed by atoms with Crippen LogP contribution in [0.4, 0.5) is 22.0 Å². The molecule has 2 rings (SSSR count). The van der Waals surface area contributed by atoms with E-state index in [0.29, 0.717) is 11.6 Å². The van der Waals surface area contributed by atoms with E-state index >= 15 is 0 Å². The van der Waals surface area contributed by atoms with Gasteiger partial charge in [-0.1, -0.05) is 13.0 Å². The molecule has 0 aliphatic carbocycles. The summed E-state index contributed by atoms with van der Waals surface area (Å²) in [7, 11) is 1.47. The van der Waals surface area contributed by atoms with Gasteiger partial charge in [-0.05, 0) is 31.0 Å². The topological polar surface area (TPSA) is 72.0 Å². The summed E-state index contributed by atoms with van der Waals surface area (Å²) >= 11 is 0. The van der Waals surface area contributed by atoms with Gasteiger partial charge in [0.25, 0.3) is 0 Å². The molecule has 0 atom stereocenters. The van der Waals surface area contributed by atoms with Gasteiger partial charge in [-0.15, -0.1) is 0 Å². The van der Waals surface area contributed by atoms with Crippen molar-refractivity contribution in [2.45, 2.75) is 20.3 Å². The normalized spacial score (nSPS) is 10.3. The molecule has 0 fully saturated rings. The Morgan fingerprint density at radius 3 is 2.62 bits per heavy atom. The molecule has 2 N–H and O–H groups in total. The maximum atomic E-state index is 13.8. The van der Waals surface area contributed by atoms with Gasteiger partial charge in [0, 0.05) is 6.54 Å². The lowest BCUT2D eigenvalue weighted by molar-refractivity contribution is 0.379. The van der Waals surface area contributed by atoms with Gasteiger partial charge in [0.15, 0.2) is 0 Å². The molecular formula is C14H18FN5O. The second-order valence-electron chi connectivity index (χ2n) is 4.50. The number of anilines is 3. The van der Waals surface area contributed by atoms with Crippen LogP contribution in [-0.4, -0.2) is 28.6 Å². The van der Waals surface area contributed by atoms with Crippen LogP contribution < -0.4 is 15.4 Å². The third kappa shape index (κ3) is 4.01. The zero-order valence-corrected chi connectivity index (χ0v) is 12.3. The van der Waals surface area contributed by atoms with Crippen molar-refractivity contribution in [3.05, 3.63) is 29.6 Å². The highest BCUT2D eigenvalue weighted by Crippen LogP contribution is 2.20. The van der Waals surface area contributed by atoms with Gasteiger partial charge in [-0.25, -0.2) is 4.39 Å². The number of nitrogens with one attached hydrogen (secondary N) is 2. The second kappa shape index (κ2) is 6.83. The van der Waals surface area contributed by atoms with Gasteiger partial charge in [0.2, 0.25) is 11.9 Å². The Labute approximate surface area is 122 Å². The minimum Gasteiger partial charge on any atom is -0.467 e. The Morgan fingerprint density at radius 1 is 1.19 bits per heavy atom. The predicted octanol–water partition coefficient (Wildman–Crippen LogP) is 2.89. The lowest BCUT2D eigenvalue weighted by atomic mass is 10.2. The van der Waals surface area contributed by atoms with Crippen molar-refractivity contribution in [3.63, 3.8) is 0 Å². The molecule has 0 bridgehead atoms. The van der Waals surface area contributed by atoms with Crippen LogP contribution >= 0.6 is 0 Å². The van der Waals surface area contributed by atoms with Crippen molar-refractivity contribution in [1.82, 2.24) is 15.0 Å². The van der Waals surface area contributed by atoms with Crippen molar-refractivity contribution in [3.8, 4) is 6.01 Å². The van der Waals surface area contributed by atoms with Crippen LogP contribution in [0.25, 0.3) is 0 Å². The zero-order valence-electron chi connectivity index (χ0n) is 12.3. The molecule has 112 valence electrons. The average molecular weight is 291 g/mol. The van der Waals surface area contributed by atoms with Crippen molar-refractivity contribution in [1.29, 1.82) is 0 Å². The van der Waals surface area contributed by atoms with E-state index < -0.39 is 0 Å². The maximum Gasteiger partial charge on any atom is 0.322 e. The molecule has 6 nitrogen and oxygen atoms in total. The van der Waals surface area contributed by atoms with E-state index in [1.165, 1.54) is 13.2 Å². The number of aromatic nitrogens is 3. The van der Waals surface area contributed by atoms with Crippen molar-refractivity contribution in [2.24, 2.45) is 0 Å². The first kappa shape index (κ1) is 15.0. The van der Waals surface area contributed by atoms with Gasteiger partial charge in [-0.2, -0.15) is 15.0 Å². The van der Waals surface area contributed by atoms with Crippen molar-refractivity contribution < 1.29 is 9.13 Å². The predicted molar refractivity (Wildman–Crippen MR) is 79.6 cm³/mol. The van der Waals surface area contributed by atoms with E-state index in [-0.39, 0.29) is 17.8 Å². The summed E-state index contributed by atoms with van der Waals surface area (Å²) in [5, 5.41) is 5.88. The Morgan fingerprint density at radius 2 is 1.95 bits per heavy atom. The molecule has 7 heteroatoms. The number of hydrogen-bond donors (Lipinski definition) is 2. The molecule has 0 aliphatic heterocycles. The molecule has 1 heterocycles. The fraction of sp³-hybridized carbons (Fsp3) is 0.357. The number of nitrogens with zero attached hydrogens (tertiary/aromatic N) is 3. The molecule has 0 saturated heterocycles. The fourth-order valence-corrected chi connectivity index (χ4v) is 1.66. The lowest BCUT2D eigenvalue weighted by Gasteiger charge is -2.10. The van der Waals surface area contributed by atoms with Gasteiger partial charge in [0.1, 0.15) is 5.82 Å². The van der Waals surface area contributed by atoms with Crippen LogP contribution in [-0.2, 0) is 0 Å². The van der Waals surface area contributed by atoms with E-state index in [4.69, 9.17) is 4.74 Å². The largest absolute Gasteiger partial charge is 0.467 e. The number of halogens is 1. The lowest BCUT2D eigenvalue weighted by Crippen LogP contribution is -2.09. The number of methoxy groups -OCH3 is 1. The van der Waals surface area contributed by atoms with Crippen LogP contribution in [0.5, 0.6) is 6.01 Å². The quantitative estimate of drug-likeness (QED) is 0.852. The van der Waals surface area contributed by atoms with Crippen LogP contribution in [0.1, 0.15) is 18.9 Å². The second-order valence-corrected chi connectivity index (χ2v) is 4.50. The van der Waals surface area contributed by atoms with Gasteiger partial charge >= 0.3 is 6.01 Å². The van der Waals surface area contributed by atoms with Crippen LogP contribution in [0, 0.1) is 12.7 Å². The molecule has 0 saturated carbocycles. The Kier molecular flexibility index (Phi) is 4.86. The molecule has 1 aromatic carbocycles. The summed E-state index contributed by atoms with van der Waals surface area (Å²) in [6.45, 7) is 4.59. The Bertz CT molecular complexity index is 620. The molecular weight excluding hydrogens is 273 g/mol. The SMILES string of the molecule is CCCNc1nc(Nc2ccc(C)cc2F)nc(OC)n1. The molecule has 0 spiro atoms. The summed E-state index contributed by atoms with van der Waals surface area (Å²) < 4.78 is 18.9. The summed E-state index contributed by atoms with van der Waals surface area (Å²) in [4.78, 5) is 12.3. The van der Waals surface area contributed by atoms with Crippen molar-refractivity contribution in [2.75, 3.05) is 24.3 Å². The van der Waals surface area contributed by atoms with Crippen LogP contribution in [0.3, 0.4) is 0 Å². The Hall–Kier alpha value is -2.44. The van der Waals surface area contributed by atoms with Gasteiger partial charge < -0.3 is 15.4 Å². The number of aryl methyl sites for hydroxylation is 1. The number of rotatable bonds is 6. The zero-order chi connectivity index (χ0) is 15.2. The standard InChI is InChI=1S/C14H18FN5O/c1-4-7-16-12-18-13(20-14(19-12)21-3)17-11-6-5-9(2)8-10(11)15/h5-6,8H,4,7H2,1-3H3,(H2,16,17,18,19,20). The summed E-state index contributed by atoms with van der Waals surface area (Å²) in [6, 6.07) is 5.05. The monoisotopic (exact) mass is 291 g/mol. The first-order valence-electron chi connectivity index (χ1n) is 6.69. The molecule has 0 aliphatic rings. The maximum absolute atomic E-state index is 13.8. The highest BCUT2D eigenvalue weighted by molar-refractivity contribution is 5.55. The van der Waals surface area contributed by atoms with E-state index in [0.717, 1.165) is 18.5 Å². The Balaban J connectivity index is 2.25. The van der Waals surface area contributed by atoms with Crippen LogP contribution in [0.15, 0.2) is 18.2 Å². The average Bonchev–Trinajstić information content (AvgIpc) is 2.48. The molecule has 21 heavy (non-hydrogen) atoms. The molecule has 0 radical (unpaired) electrons. The summed E-state index contributed by atoms with van der Waals surface area (Å²) in [6.07, 6.45) is 0.934. The fourth-order valence-electron chi connectivity index (χ4n) is 1.66. The minimum atomic E-state index is -0.363. The minimum absolute atomic E-state index is 0.165.